The summed E-state index contributed by atoms with van der Waals surface area (Å²) in [5.41, 5.74) is 1.83. The zero-order chi connectivity index (χ0) is 21.1. The van der Waals surface area contributed by atoms with Crippen molar-refractivity contribution in [3.8, 4) is 0 Å². The molecule has 0 spiro atoms. The molecule has 0 bridgehead atoms. The third kappa shape index (κ3) is 4.02. The molecule has 4 heterocycles. The van der Waals surface area contributed by atoms with Gasteiger partial charge in [-0.1, -0.05) is 6.92 Å². The van der Waals surface area contributed by atoms with Gasteiger partial charge in [-0.2, -0.15) is 8.91 Å². The van der Waals surface area contributed by atoms with Crippen molar-refractivity contribution in [2.24, 2.45) is 0 Å². The van der Waals surface area contributed by atoms with Crippen LogP contribution in [0.25, 0.3) is 5.65 Å². The molecule has 4 rings (SSSR count). The fourth-order valence-electron chi connectivity index (χ4n) is 4.15. The van der Waals surface area contributed by atoms with E-state index in [1.807, 2.05) is 19.1 Å². The number of aromatic nitrogens is 4. The summed E-state index contributed by atoms with van der Waals surface area (Å²) in [5, 5.41) is 28.3. The monoisotopic (exact) mass is 414 g/mol. The molecule has 8 nitrogen and oxygen atoms in total. The summed E-state index contributed by atoms with van der Waals surface area (Å²) >= 11 is 0. The van der Waals surface area contributed by atoms with Crippen LogP contribution in [-0.2, 0) is 13.0 Å². The topological polar surface area (TPSA) is 92.6 Å². The molecule has 0 saturated carbocycles. The van der Waals surface area contributed by atoms with Gasteiger partial charge in [-0.15, -0.1) is 11.7 Å². The second-order valence-corrected chi connectivity index (χ2v) is 7.64. The van der Waals surface area contributed by atoms with Gasteiger partial charge in [0.2, 0.25) is 18.3 Å². The second-order valence-electron chi connectivity index (χ2n) is 7.64. The van der Waals surface area contributed by atoms with Gasteiger partial charge in [-0.25, -0.2) is 4.98 Å². The van der Waals surface area contributed by atoms with Crippen LogP contribution >= 0.6 is 0 Å². The van der Waals surface area contributed by atoms with Gasteiger partial charge >= 0.3 is 0 Å². The fourth-order valence-corrected chi connectivity index (χ4v) is 4.15. The molecular formula is C21H27FN6O2. The molecule has 160 valence electrons. The minimum absolute atomic E-state index is 0.120. The predicted molar refractivity (Wildman–Crippen MR) is 108 cm³/mol. The number of nitrogens with zero attached hydrogens (tertiary/aromatic N) is 5. The van der Waals surface area contributed by atoms with Crippen LogP contribution in [0.2, 0.25) is 0 Å². The number of nitrogens with one attached hydrogen (secondary N) is 1. The maximum atomic E-state index is 14.5. The van der Waals surface area contributed by atoms with Crippen molar-refractivity contribution < 1.29 is 19.4 Å². The molecule has 3 aromatic rings. The Balaban J connectivity index is 1.73. The maximum Gasteiger partial charge on any atom is 0.238 e. The number of pyridine rings is 1. The quantitative estimate of drug-likeness (QED) is 0.451. The first-order valence-corrected chi connectivity index (χ1v) is 10.5. The van der Waals surface area contributed by atoms with Crippen LogP contribution in [0, 0.1) is 5.95 Å². The fraction of sp³-hybridized carbons (Fsp3) is 0.476. The summed E-state index contributed by atoms with van der Waals surface area (Å²) in [6.45, 7) is 3.01. The molecule has 0 unspecified atom stereocenters. The van der Waals surface area contributed by atoms with Gasteiger partial charge < -0.3 is 15.3 Å². The molecule has 0 aliphatic carbocycles. The van der Waals surface area contributed by atoms with Crippen molar-refractivity contribution in [3.63, 3.8) is 0 Å². The Kier molecular flexibility index (Phi) is 5.98. The van der Waals surface area contributed by atoms with Crippen molar-refractivity contribution >= 4 is 17.3 Å². The van der Waals surface area contributed by atoms with E-state index in [-0.39, 0.29) is 12.6 Å². The smallest absolute Gasteiger partial charge is 0.238 e. The largest absolute Gasteiger partial charge is 0.854 e. The molecule has 1 saturated heterocycles. The van der Waals surface area contributed by atoms with Gasteiger partial charge in [0.15, 0.2) is 5.65 Å². The highest BCUT2D eigenvalue weighted by Gasteiger charge is 2.25. The SMILES string of the molecule is CCc1c(F)nn2c(NCc3ccc[n+](O)c3)cc(N3CCCC[C@H]3CC[O-])nc12. The molecule has 1 atom stereocenters. The molecule has 2 N–H and O–H groups in total. The molecule has 30 heavy (non-hydrogen) atoms. The summed E-state index contributed by atoms with van der Waals surface area (Å²) in [6.07, 6.45) is 7.30. The zero-order valence-electron chi connectivity index (χ0n) is 17.1. The first-order valence-electron chi connectivity index (χ1n) is 10.5. The lowest BCUT2D eigenvalue weighted by atomic mass is 9.99. The molecule has 0 aromatic carbocycles. The van der Waals surface area contributed by atoms with Crippen molar-refractivity contribution in [2.75, 3.05) is 23.4 Å². The number of hydrogen-bond donors (Lipinski definition) is 2. The van der Waals surface area contributed by atoms with E-state index in [1.54, 1.807) is 12.3 Å². The lowest BCUT2D eigenvalue weighted by Gasteiger charge is -2.37. The number of anilines is 2. The van der Waals surface area contributed by atoms with Gasteiger partial charge in [0, 0.05) is 41.6 Å². The number of rotatable bonds is 7. The van der Waals surface area contributed by atoms with Gasteiger partial charge in [-0.3, -0.25) is 5.21 Å². The number of piperidine rings is 1. The number of aryl methyl sites for hydroxylation is 1. The molecule has 0 amide bonds. The second kappa shape index (κ2) is 8.83. The highest BCUT2D eigenvalue weighted by atomic mass is 19.1. The summed E-state index contributed by atoms with van der Waals surface area (Å²) in [7, 11) is 0. The van der Waals surface area contributed by atoms with Crippen LogP contribution in [0.4, 0.5) is 16.0 Å². The standard InChI is InChI=1S/C21H27FN6O2/c1-2-17-20(22)25-28-18(23-13-15-6-5-9-26(30)14-15)12-19(24-21(17)28)27-10-4-3-7-16(27)8-11-29/h5-6,9,12,14,16,23,30H,2-4,7-8,10-11,13H2,1H3/t16-/m0/s1. The van der Waals surface area contributed by atoms with E-state index < -0.39 is 5.95 Å². The molecule has 9 heteroatoms. The summed E-state index contributed by atoms with van der Waals surface area (Å²) in [5.74, 6) is 0.837. The van der Waals surface area contributed by atoms with Gasteiger partial charge in [0.05, 0.1) is 5.56 Å². The van der Waals surface area contributed by atoms with E-state index in [0.717, 1.165) is 41.9 Å². The molecule has 1 fully saturated rings. The molecule has 1 aliphatic rings. The Hall–Kier alpha value is -2.94. The summed E-state index contributed by atoms with van der Waals surface area (Å²) in [6, 6.07) is 5.65. The number of hydrogen-bond acceptors (Lipinski definition) is 6. The van der Waals surface area contributed by atoms with Crippen LogP contribution < -0.4 is 20.1 Å². The van der Waals surface area contributed by atoms with Crippen molar-refractivity contribution in [1.82, 2.24) is 14.6 Å². The van der Waals surface area contributed by atoms with E-state index in [9.17, 15) is 14.7 Å². The number of halogens is 1. The predicted octanol–water partition coefficient (Wildman–Crippen LogP) is 1.68. The van der Waals surface area contributed by atoms with Crippen LogP contribution in [0.1, 0.15) is 43.7 Å². The molecule has 0 radical (unpaired) electrons. The van der Waals surface area contributed by atoms with E-state index in [1.165, 1.54) is 10.7 Å². The average Bonchev–Trinajstić information content (AvgIpc) is 3.07. The third-order valence-corrected chi connectivity index (χ3v) is 5.67. The Morgan fingerprint density at radius 3 is 3.03 bits per heavy atom. The minimum Gasteiger partial charge on any atom is -0.854 e. The van der Waals surface area contributed by atoms with Crippen LogP contribution in [-0.4, -0.2) is 39.0 Å². The summed E-state index contributed by atoms with van der Waals surface area (Å²) < 4.78 is 17.0. The zero-order valence-corrected chi connectivity index (χ0v) is 17.1. The molecule has 3 aromatic heterocycles. The highest BCUT2D eigenvalue weighted by Crippen LogP contribution is 2.29. The van der Waals surface area contributed by atoms with Crippen molar-refractivity contribution in [1.29, 1.82) is 0 Å². The van der Waals surface area contributed by atoms with E-state index in [4.69, 9.17) is 4.98 Å². The number of fused-ring (bicyclic) bond motifs is 1. The van der Waals surface area contributed by atoms with Crippen LogP contribution in [0.15, 0.2) is 30.6 Å². The molecular weight excluding hydrogens is 387 g/mol. The van der Waals surface area contributed by atoms with Gasteiger partial charge in [-0.05, 0) is 38.2 Å². The Labute approximate surface area is 174 Å². The van der Waals surface area contributed by atoms with Crippen molar-refractivity contribution in [3.05, 3.63) is 47.7 Å². The third-order valence-electron chi connectivity index (χ3n) is 5.67. The Bertz CT molecular complexity index is 1020. The molecule has 1 aliphatic heterocycles. The van der Waals surface area contributed by atoms with E-state index in [0.29, 0.717) is 36.4 Å². The Morgan fingerprint density at radius 2 is 2.27 bits per heavy atom. The van der Waals surface area contributed by atoms with Crippen LogP contribution in [0.3, 0.4) is 0 Å². The lowest BCUT2D eigenvalue weighted by molar-refractivity contribution is -0.905. The van der Waals surface area contributed by atoms with Gasteiger partial charge in [0.1, 0.15) is 11.6 Å². The normalized spacial score (nSPS) is 16.9. The summed E-state index contributed by atoms with van der Waals surface area (Å²) in [4.78, 5) is 6.93. The average molecular weight is 414 g/mol. The van der Waals surface area contributed by atoms with Gasteiger partial charge in [0.25, 0.3) is 0 Å². The lowest BCUT2D eigenvalue weighted by Crippen LogP contribution is -2.41. The van der Waals surface area contributed by atoms with Crippen molar-refractivity contribution in [2.45, 2.75) is 51.6 Å². The highest BCUT2D eigenvalue weighted by molar-refractivity contribution is 5.61. The van der Waals surface area contributed by atoms with Crippen LogP contribution in [0.5, 0.6) is 0 Å². The van der Waals surface area contributed by atoms with E-state index >= 15 is 0 Å². The maximum absolute atomic E-state index is 14.5. The minimum atomic E-state index is -0.520. The Morgan fingerprint density at radius 1 is 1.40 bits per heavy atom. The first kappa shape index (κ1) is 20.3. The first-order chi connectivity index (χ1) is 14.6. The van der Waals surface area contributed by atoms with E-state index in [2.05, 4.69) is 15.3 Å².